The maximum atomic E-state index is 12.9. The molecule has 3 N–H and O–H groups in total. The highest BCUT2D eigenvalue weighted by Crippen LogP contribution is 2.37. The highest BCUT2D eigenvalue weighted by Gasteiger charge is 2.31. The number of alkyl halides is 3. The molecule has 0 spiro atoms. The zero-order valence-corrected chi connectivity index (χ0v) is 11.2. The summed E-state index contributed by atoms with van der Waals surface area (Å²) in [6, 6.07) is 12.0. The van der Waals surface area contributed by atoms with E-state index in [0.29, 0.717) is 22.0 Å². The number of aromatic amines is 1. The Kier molecular flexibility index (Phi) is 3.16. The number of aromatic nitrogens is 1. The number of fused-ring (bicyclic) bond motifs is 1. The number of hydrogen-bond donors (Lipinski definition) is 2. The molecule has 3 nitrogen and oxygen atoms in total. The molecule has 2 aromatic carbocycles. The molecule has 0 saturated heterocycles. The molecular weight excluding hydrogens is 293 g/mol. The molecule has 0 saturated carbocycles. The topological polar surface area (TPSA) is 58.9 Å². The fraction of sp³-hybridized carbons (Fsp3) is 0.0625. The van der Waals surface area contributed by atoms with Gasteiger partial charge in [-0.3, -0.25) is 4.79 Å². The van der Waals surface area contributed by atoms with Crippen LogP contribution < -0.4 is 5.73 Å². The average Bonchev–Trinajstić information content (AvgIpc) is 2.86. The van der Waals surface area contributed by atoms with Crippen LogP contribution in [0.4, 0.5) is 13.2 Å². The SMILES string of the molecule is NC(=O)c1[nH]c2ccc(C(F)(F)F)cc2c1-c1ccccc1. The molecule has 0 unspecified atom stereocenters. The second-order valence-corrected chi connectivity index (χ2v) is 4.86. The maximum Gasteiger partial charge on any atom is 0.416 e. The standard InChI is InChI=1S/C16H11F3N2O/c17-16(18,19)10-6-7-12-11(8-10)13(14(21-12)15(20)22)9-4-2-1-3-5-9/h1-8,21H,(H2,20,22). The minimum Gasteiger partial charge on any atom is -0.364 e. The largest absolute Gasteiger partial charge is 0.416 e. The second kappa shape index (κ2) is 4.91. The highest BCUT2D eigenvalue weighted by atomic mass is 19.4. The van der Waals surface area contributed by atoms with Gasteiger partial charge in [-0.1, -0.05) is 30.3 Å². The third-order valence-electron chi connectivity index (χ3n) is 3.43. The number of carbonyl (C=O) groups excluding carboxylic acids is 1. The molecular formula is C16H11F3N2O. The van der Waals surface area contributed by atoms with E-state index < -0.39 is 17.6 Å². The lowest BCUT2D eigenvalue weighted by atomic mass is 10.0. The molecule has 3 rings (SSSR count). The summed E-state index contributed by atoms with van der Waals surface area (Å²) in [5.74, 6) is -0.719. The summed E-state index contributed by atoms with van der Waals surface area (Å²) >= 11 is 0. The van der Waals surface area contributed by atoms with Gasteiger partial charge in [0.2, 0.25) is 0 Å². The van der Waals surface area contributed by atoms with Crippen molar-refractivity contribution in [1.82, 2.24) is 4.98 Å². The molecule has 0 atom stereocenters. The number of halogens is 3. The van der Waals surface area contributed by atoms with Crippen LogP contribution in [-0.4, -0.2) is 10.9 Å². The van der Waals surface area contributed by atoms with Crippen molar-refractivity contribution in [2.75, 3.05) is 0 Å². The fourth-order valence-electron chi connectivity index (χ4n) is 2.46. The van der Waals surface area contributed by atoms with Crippen LogP contribution in [0.25, 0.3) is 22.0 Å². The van der Waals surface area contributed by atoms with Crippen LogP contribution in [0.1, 0.15) is 16.1 Å². The van der Waals surface area contributed by atoms with Crippen molar-refractivity contribution in [2.24, 2.45) is 5.73 Å². The lowest BCUT2D eigenvalue weighted by Crippen LogP contribution is -2.12. The molecule has 1 heterocycles. The van der Waals surface area contributed by atoms with E-state index in [2.05, 4.69) is 4.98 Å². The molecule has 0 aliphatic rings. The van der Waals surface area contributed by atoms with Crippen LogP contribution in [0, 0.1) is 0 Å². The Hall–Kier alpha value is -2.76. The monoisotopic (exact) mass is 304 g/mol. The Labute approximate surface area is 123 Å². The smallest absolute Gasteiger partial charge is 0.364 e. The van der Waals surface area contributed by atoms with Crippen molar-refractivity contribution in [2.45, 2.75) is 6.18 Å². The summed E-state index contributed by atoms with van der Waals surface area (Å²) < 4.78 is 38.7. The van der Waals surface area contributed by atoms with Gasteiger partial charge in [0.05, 0.1) is 5.56 Å². The van der Waals surface area contributed by atoms with Crippen molar-refractivity contribution < 1.29 is 18.0 Å². The van der Waals surface area contributed by atoms with E-state index in [0.717, 1.165) is 12.1 Å². The molecule has 0 radical (unpaired) electrons. The normalized spacial score (nSPS) is 11.8. The fourth-order valence-corrected chi connectivity index (χ4v) is 2.46. The molecule has 112 valence electrons. The molecule has 0 bridgehead atoms. The van der Waals surface area contributed by atoms with Crippen molar-refractivity contribution in [3.05, 3.63) is 59.8 Å². The first kappa shape index (κ1) is 14.2. The Morgan fingerprint density at radius 1 is 1.05 bits per heavy atom. The first-order valence-electron chi connectivity index (χ1n) is 6.46. The van der Waals surface area contributed by atoms with E-state index in [1.165, 1.54) is 6.07 Å². The van der Waals surface area contributed by atoms with Crippen LogP contribution >= 0.6 is 0 Å². The first-order valence-corrected chi connectivity index (χ1v) is 6.46. The lowest BCUT2D eigenvalue weighted by molar-refractivity contribution is -0.137. The zero-order chi connectivity index (χ0) is 15.9. The van der Waals surface area contributed by atoms with Crippen molar-refractivity contribution >= 4 is 16.8 Å². The maximum absolute atomic E-state index is 12.9. The van der Waals surface area contributed by atoms with Gasteiger partial charge < -0.3 is 10.7 Å². The predicted octanol–water partition coefficient (Wildman–Crippen LogP) is 3.95. The number of primary amides is 1. The van der Waals surface area contributed by atoms with Crippen molar-refractivity contribution in [1.29, 1.82) is 0 Å². The van der Waals surface area contributed by atoms with Gasteiger partial charge in [0.15, 0.2) is 0 Å². The summed E-state index contributed by atoms with van der Waals surface area (Å²) in [6.07, 6.45) is -4.45. The molecule has 1 amide bonds. The Balaban J connectivity index is 2.35. The lowest BCUT2D eigenvalue weighted by Gasteiger charge is -2.07. The summed E-state index contributed by atoms with van der Waals surface area (Å²) in [4.78, 5) is 14.4. The number of nitrogens with one attached hydrogen (secondary N) is 1. The quantitative estimate of drug-likeness (QED) is 0.740. The Morgan fingerprint density at radius 3 is 2.32 bits per heavy atom. The number of hydrogen-bond acceptors (Lipinski definition) is 1. The Bertz CT molecular complexity index is 851. The van der Waals surface area contributed by atoms with Gasteiger partial charge in [-0.15, -0.1) is 0 Å². The third kappa shape index (κ3) is 2.32. The third-order valence-corrected chi connectivity index (χ3v) is 3.43. The van der Waals surface area contributed by atoms with Gasteiger partial charge >= 0.3 is 6.18 Å². The van der Waals surface area contributed by atoms with E-state index in [1.54, 1.807) is 30.3 Å². The predicted molar refractivity (Wildman–Crippen MR) is 77.3 cm³/mol. The van der Waals surface area contributed by atoms with Crippen LogP contribution in [-0.2, 0) is 6.18 Å². The van der Waals surface area contributed by atoms with E-state index in [4.69, 9.17) is 5.73 Å². The molecule has 1 aromatic heterocycles. The van der Waals surface area contributed by atoms with Crippen LogP contribution in [0.15, 0.2) is 48.5 Å². The molecule has 0 fully saturated rings. The molecule has 0 aliphatic carbocycles. The summed E-state index contributed by atoms with van der Waals surface area (Å²) in [7, 11) is 0. The van der Waals surface area contributed by atoms with Gasteiger partial charge in [-0.2, -0.15) is 13.2 Å². The minimum atomic E-state index is -4.45. The highest BCUT2D eigenvalue weighted by molar-refractivity contribution is 6.09. The van der Waals surface area contributed by atoms with Gasteiger partial charge in [0.25, 0.3) is 5.91 Å². The number of benzene rings is 2. The number of H-pyrrole nitrogens is 1. The van der Waals surface area contributed by atoms with Gasteiger partial charge in [0, 0.05) is 16.5 Å². The second-order valence-electron chi connectivity index (χ2n) is 4.86. The van der Waals surface area contributed by atoms with E-state index >= 15 is 0 Å². The molecule has 3 aromatic rings. The summed E-state index contributed by atoms with van der Waals surface area (Å²) in [5, 5.41) is 0.315. The van der Waals surface area contributed by atoms with Crippen molar-refractivity contribution in [3.8, 4) is 11.1 Å². The van der Waals surface area contributed by atoms with Gasteiger partial charge in [-0.25, -0.2) is 0 Å². The number of rotatable bonds is 2. The average molecular weight is 304 g/mol. The number of amides is 1. The van der Waals surface area contributed by atoms with Gasteiger partial charge in [-0.05, 0) is 23.8 Å². The van der Waals surface area contributed by atoms with Crippen LogP contribution in [0.3, 0.4) is 0 Å². The summed E-state index contributed by atoms with van der Waals surface area (Å²) in [5.41, 5.74) is 6.12. The van der Waals surface area contributed by atoms with E-state index in [9.17, 15) is 18.0 Å². The van der Waals surface area contributed by atoms with Crippen molar-refractivity contribution in [3.63, 3.8) is 0 Å². The first-order chi connectivity index (χ1) is 10.4. The van der Waals surface area contributed by atoms with E-state index in [1.807, 2.05) is 0 Å². The molecule has 6 heteroatoms. The number of carbonyl (C=O) groups is 1. The van der Waals surface area contributed by atoms with Crippen LogP contribution in [0.2, 0.25) is 0 Å². The minimum absolute atomic E-state index is 0.0977. The van der Waals surface area contributed by atoms with E-state index in [-0.39, 0.29) is 5.69 Å². The van der Waals surface area contributed by atoms with Crippen LogP contribution in [0.5, 0.6) is 0 Å². The molecule has 22 heavy (non-hydrogen) atoms. The number of nitrogens with two attached hydrogens (primary N) is 1. The summed E-state index contributed by atoms with van der Waals surface area (Å²) in [6.45, 7) is 0. The Morgan fingerprint density at radius 2 is 1.73 bits per heavy atom. The zero-order valence-electron chi connectivity index (χ0n) is 11.2. The molecule has 0 aliphatic heterocycles. The van der Waals surface area contributed by atoms with Gasteiger partial charge in [0.1, 0.15) is 5.69 Å².